The molecule has 5 aromatic rings. The summed E-state index contributed by atoms with van der Waals surface area (Å²) in [6.07, 6.45) is 3.87. The van der Waals surface area contributed by atoms with E-state index in [1.54, 1.807) is 19.1 Å². The molecule has 2 N–H and O–H groups in total. The molecule has 1 aliphatic rings. The summed E-state index contributed by atoms with van der Waals surface area (Å²) in [5, 5.41) is 7.53. The summed E-state index contributed by atoms with van der Waals surface area (Å²) in [7, 11) is 0. The van der Waals surface area contributed by atoms with Crippen LogP contribution in [0.2, 0.25) is 0 Å². The summed E-state index contributed by atoms with van der Waals surface area (Å²) in [4.78, 5) is 44.3. The molecule has 0 bridgehead atoms. The SMILES string of the molecule is CC1(c2ccc3ccccc3c2)NC(=O)N(CC(=O)Nc2ccc(-c3cn4ccccc4n3)cc2)C1=O. The van der Waals surface area contributed by atoms with Gasteiger partial charge in [-0.25, -0.2) is 9.78 Å². The van der Waals surface area contributed by atoms with Crippen LogP contribution in [0.4, 0.5) is 10.5 Å². The zero-order valence-electron chi connectivity index (χ0n) is 20.0. The van der Waals surface area contributed by atoms with Crippen LogP contribution < -0.4 is 10.6 Å². The van der Waals surface area contributed by atoms with Crippen molar-refractivity contribution >= 4 is 40.0 Å². The largest absolute Gasteiger partial charge is 0.325 e. The quantitative estimate of drug-likeness (QED) is 0.354. The normalized spacial score (nSPS) is 17.4. The van der Waals surface area contributed by atoms with Gasteiger partial charge in [0.1, 0.15) is 17.7 Å². The predicted octanol–water partition coefficient (Wildman–Crippen LogP) is 4.56. The zero-order valence-corrected chi connectivity index (χ0v) is 20.0. The molecule has 0 radical (unpaired) electrons. The summed E-state index contributed by atoms with van der Waals surface area (Å²) in [5.41, 5.74) is 2.53. The number of hydrogen-bond acceptors (Lipinski definition) is 4. The number of benzene rings is 3. The van der Waals surface area contributed by atoms with Crippen LogP contribution in [-0.2, 0) is 15.1 Å². The fourth-order valence-corrected chi connectivity index (χ4v) is 4.68. The van der Waals surface area contributed by atoms with E-state index >= 15 is 0 Å². The van der Waals surface area contributed by atoms with Crippen molar-refractivity contribution < 1.29 is 14.4 Å². The first-order valence-corrected chi connectivity index (χ1v) is 11.9. The Kier molecular flexibility index (Phi) is 5.22. The molecule has 182 valence electrons. The summed E-state index contributed by atoms with van der Waals surface area (Å²) >= 11 is 0. The van der Waals surface area contributed by atoms with E-state index in [0.717, 1.165) is 32.6 Å². The van der Waals surface area contributed by atoms with Gasteiger partial charge in [0.05, 0.1) is 5.69 Å². The minimum Gasteiger partial charge on any atom is -0.325 e. The van der Waals surface area contributed by atoms with Crippen LogP contribution in [0.15, 0.2) is 97.3 Å². The van der Waals surface area contributed by atoms with Gasteiger partial charge in [0, 0.05) is 23.6 Å². The van der Waals surface area contributed by atoms with E-state index in [2.05, 4.69) is 15.6 Å². The lowest BCUT2D eigenvalue weighted by atomic mass is 9.90. The van der Waals surface area contributed by atoms with Crippen molar-refractivity contribution in [3.05, 3.63) is 103 Å². The van der Waals surface area contributed by atoms with Crippen LogP contribution in [0.25, 0.3) is 27.7 Å². The van der Waals surface area contributed by atoms with Crippen LogP contribution in [0.1, 0.15) is 12.5 Å². The van der Waals surface area contributed by atoms with Gasteiger partial charge < -0.3 is 15.0 Å². The van der Waals surface area contributed by atoms with E-state index in [1.165, 1.54) is 0 Å². The number of anilines is 1. The predicted molar refractivity (Wildman–Crippen MR) is 141 cm³/mol. The highest BCUT2D eigenvalue weighted by molar-refractivity contribution is 6.10. The number of nitrogens with one attached hydrogen (secondary N) is 2. The molecule has 37 heavy (non-hydrogen) atoms. The minimum absolute atomic E-state index is 0.387. The zero-order chi connectivity index (χ0) is 25.6. The van der Waals surface area contributed by atoms with Crippen molar-refractivity contribution in [2.24, 2.45) is 0 Å². The summed E-state index contributed by atoms with van der Waals surface area (Å²) in [5.74, 6) is -0.933. The number of urea groups is 1. The number of pyridine rings is 1. The molecule has 4 amide bonds. The lowest BCUT2D eigenvalue weighted by molar-refractivity contribution is -0.133. The molecule has 8 heteroatoms. The fraction of sp³-hybridized carbons (Fsp3) is 0.103. The van der Waals surface area contributed by atoms with Crippen molar-refractivity contribution in [3.8, 4) is 11.3 Å². The second kappa shape index (κ2) is 8.60. The Morgan fingerprint density at radius 3 is 2.49 bits per heavy atom. The Bertz CT molecular complexity index is 1660. The maximum atomic E-state index is 13.3. The first-order valence-electron chi connectivity index (χ1n) is 11.9. The molecule has 1 atom stereocenters. The van der Waals surface area contributed by atoms with Gasteiger partial charge in [0.25, 0.3) is 5.91 Å². The van der Waals surface area contributed by atoms with E-state index in [-0.39, 0.29) is 6.54 Å². The highest BCUT2D eigenvalue weighted by atomic mass is 16.2. The van der Waals surface area contributed by atoms with E-state index in [1.807, 2.05) is 89.6 Å². The Morgan fingerprint density at radius 1 is 0.946 bits per heavy atom. The molecule has 0 spiro atoms. The van der Waals surface area contributed by atoms with E-state index in [9.17, 15) is 14.4 Å². The number of aromatic nitrogens is 2. The summed E-state index contributed by atoms with van der Waals surface area (Å²) in [6, 6.07) is 25.9. The maximum Gasteiger partial charge on any atom is 0.325 e. The van der Waals surface area contributed by atoms with Crippen molar-refractivity contribution in [3.63, 3.8) is 0 Å². The fourth-order valence-electron chi connectivity index (χ4n) is 4.68. The number of imidazole rings is 1. The lowest BCUT2D eigenvalue weighted by Gasteiger charge is -2.22. The van der Waals surface area contributed by atoms with Crippen LogP contribution in [0.3, 0.4) is 0 Å². The van der Waals surface area contributed by atoms with Gasteiger partial charge >= 0.3 is 6.03 Å². The number of fused-ring (bicyclic) bond motifs is 2. The number of imide groups is 1. The Labute approximate surface area is 212 Å². The first-order chi connectivity index (χ1) is 17.9. The molecule has 8 nitrogen and oxygen atoms in total. The van der Waals surface area contributed by atoms with Gasteiger partial charge in [-0.15, -0.1) is 0 Å². The third-order valence-corrected chi connectivity index (χ3v) is 6.73. The molecular formula is C29H23N5O3. The number of carbonyl (C=O) groups excluding carboxylic acids is 3. The number of carbonyl (C=O) groups is 3. The van der Waals surface area contributed by atoms with Crippen LogP contribution in [-0.4, -0.2) is 38.7 Å². The highest BCUT2D eigenvalue weighted by Gasteiger charge is 2.49. The molecule has 1 aliphatic heterocycles. The van der Waals surface area contributed by atoms with E-state index in [0.29, 0.717) is 11.3 Å². The van der Waals surface area contributed by atoms with E-state index in [4.69, 9.17) is 0 Å². The van der Waals surface area contributed by atoms with E-state index < -0.39 is 23.4 Å². The molecule has 2 aromatic heterocycles. The highest BCUT2D eigenvalue weighted by Crippen LogP contribution is 2.31. The minimum atomic E-state index is -1.25. The van der Waals surface area contributed by atoms with Crippen molar-refractivity contribution in [2.75, 3.05) is 11.9 Å². The monoisotopic (exact) mass is 489 g/mol. The molecular weight excluding hydrogens is 466 g/mol. The molecule has 6 rings (SSSR count). The molecule has 0 saturated carbocycles. The Hall–Kier alpha value is -4.98. The van der Waals surface area contributed by atoms with Gasteiger partial charge in [0.2, 0.25) is 5.91 Å². The van der Waals surface area contributed by atoms with Crippen molar-refractivity contribution in [1.29, 1.82) is 0 Å². The van der Waals surface area contributed by atoms with Crippen LogP contribution in [0.5, 0.6) is 0 Å². The second-order valence-corrected chi connectivity index (χ2v) is 9.23. The number of rotatable bonds is 5. The number of amides is 4. The van der Waals surface area contributed by atoms with Crippen molar-refractivity contribution in [2.45, 2.75) is 12.5 Å². The lowest BCUT2D eigenvalue weighted by Crippen LogP contribution is -2.42. The maximum absolute atomic E-state index is 13.3. The smallest absolute Gasteiger partial charge is 0.325 e. The standard InChI is InChI=1S/C29H23N5O3/c1-29(22-12-9-19-6-2-3-7-21(19)16-22)27(36)34(28(37)32-29)18-26(35)30-23-13-10-20(11-14-23)24-17-33-15-5-4-8-25(33)31-24/h2-17H,18H2,1H3,(H,30,35)(H,32,37). The molecule has 1 fully saturated rings. The topological polar surface area (TPSA) is 95.8 Å². The van der Waals surface area contributed by atoms with Gasteiger partial charge in [-0.1, -0.05) is 54.6 Å². The number of nitrogens with zero attached hydrogens (tertiary/aromatic N) is 3. The third kappa shape index (κ3) is 3.98. The molecule has 1 unspecified atom stereocenters. The first kappa shape index (κ1) is 22.5. The van der Waals surface area contributed by atoms with Crippen molar-refractivity contribution in [1.82, 2.24) is 19.6 Å². The average molecular weight is 490 g/mol. The third-order valence-electron chi connectivity index (χ3n) is 6.73. The van der Waals surface area contributed by atoms with Gasteiger partial charge in [-0.2, -0.15) is 0 Å². The van der Waals surface area contributed by atoms with Gasteiger partial charge in [-0.3, -0.25) is 14.5 Å². The van der Waals surface area contributed by atoms with Gasteiger partial charge in [-0.05, 0) is 53.6 Å². The molecule has 3 aromatic carbocycles. The summed E-state index contributed by atoms with van der Waals surface area (Å²) < 4.78 is 1.94. The van der Waals surface area contributed by atoms with Gasteiger partial charge in [0.15, 0.2) is 0 Å². The number of hydrogen-bond donors (Lipinski definition) is 2. The van der Waals surface area contributed by atoms with Crippen LogP contribution >= 0.6 is 0 Å². The molecule has 3 heterocycles. The molecule has 0 aliphatic carbocycles. The Morgan fingerprint density at radius 2 is 1.70 bits per heavy atom. The second-order valence-electron chi connectivity index (χ2n) is 9.23. The van der Waals surface area contributed by atoms with Crippen LogP contribution in [0, 0.1) is 0 Å². The molecule has 1 saturated heterocycles. The summed E-state index contributed by atoms with van der Waals surface area (Å²) in [6.45, 7) is 1.27. The Balaban J connectivity index is 1.15. The average Bonchev–Trinajstić information content (AvgIpc) is 3.44.